The molecular formula is C15H25NO. The molecule has 0 unspecified atom stereocenters. The molecule has 0 saturated heterocycles. The smallest absolute Gasteiger partial charge is 0.0478 e. The van der Waals surface area contributed by atoms with Gasteiger partial charge in [0.15, 0.2) is 0 Å². The minimum atomic E-state index is 0.871. The van der Waals surface area contributed by atoms with Crippen molar-refractivity contribution in [1.29, 1.82) is 0 Å². The molecule has 0 saturated carbocycles. The first-order chi connectivity index (χ1) is 8.38. The predicted molar refractivity (Wildman–Crippen MR) is 73.3 cm³/mol. The summed E-state index contributed by atoms with van der Waals surface area (Å²) in [6.45, 7) is 8.10. The van der Waals surface area contributed by atoms with E-state index >= 15 is 0 Å². The highest BCUT2D eigenvalue weighted by atomic mass is 16.5. The lowest BCUT2D eigenvalue weighted by Crippen LogP contribution is -2.17. The molecule has 1 aromatic carbocycles. The van der Waals surface area contributed by atoms with Crippen molar-refractivity contribution in [2.75, 3.05) is 19.8 Å². The second-order valence-electron chi connectivity index (χ2n) is 4.26. The van der Waals surface area contributed by atoms with Gasteiger partial charge in [-0.25, -0.2) is 0 Å². The van der Waals surface area contributed by atoms with Crippen LogP contribution in [0.3, 0.4) is 0 Å². The molecule has 0 aromatic heterocycles. The Labute approximate surface area is 105 Å². The second-order valence-corrected chi connectivity index (χ2v) is 4.26. The van der Waals surface area contributed by atoms with Gasteiger partial charge in [-0.15, -0.1) is 0 Å². The summed E-state index contributed by atoms with van der Waals surface area (Å²) < 4.78 is 5.44. The topological polar surface area (TPSA) is 21.3 Å². The van der Waals surface area contributed by atoms with Gasteiger partial charge in [-0.1, -0.05) is 38.1 Å². The van der Waals surface area contributed by atoms with Gasteiger partial charge in [0.05, 0.1) is 0 Å². The van der Waals surface area contributed by atoms with Gasteiger partial charge in [-0.2, -0.15) is 0 Å². The molecule has 17 heavy (non-hydrogen) atoms. The average Bonchev–Trinajstić information content (AvgIpc) is 2.38. The predicted octanol–water partition coefficient (Wildman–Crippen LogP) is 3.16. The number of hydrogen-bond acceptors (Lipinski definition) is 2. The summed E-state index contributed by atoms with van der Waals surface area (Å²) in [5.41, 5.74) is 2.87. The first-order valence-corrected chi connectivity index (χ1v) is 6.73. The van der Waals surface area contributed by atoms with Gasteiger partial charge in [-0.3, -0.25) is 0 Å². The maximum atomic E-state index is 5.44. The Morgan fingerprint density at radius 3 is 2.53 bits per heavy atom. The highest BCUT2D eigenvalue weighted by molar-refractivity contribution is 5.26. The summed E-state index contributed by atoms with van der Waals surface area (Å²) in [5, 5.41) is 3.47. The van der Waals surface area contributed by atoms with Gasteiger partial charge in [0.1, 0.15) is 0 Å². The van der Waals surface area contributed by atoms with Crippen LogP contribution in [0.25, 0.3) is 0 Å². The summed E-state index contributed by atoms with van der Waals surface area (Å²) in [5.74, 6) is 0. The minimum Gasteiger partial charge on any atom is -0.381 e. The Hall–Kier alpha value is -0.860. The second kappa shape index (κ2) is 9.20. The summed E-state index contributed by atoms with van der Waals surface area (Å²) in [6.07, 6.45) is 3.31. The summed E-state index contributed by atoms with van der Waals surface area (Å²) in [7, 11) is 0. The molecule has 0 radical (unpaired) electrons. The van der Waals surface area contributed by atoms with E-state index in [9.17, 15) is 0 Å². The third-order valence-electron chi connectivity index (χ3n) is 2.81. The maximum Gasteiger partial charge on any atom is 0.0478 e. The molecule has 0 fully saturated rings. The van der Waals surface area contributed by atoms with Crippen LogP contribution in [0.1, 0.15) is 37.8 Å². The highest BCUT2D eigenvalue weighted by Gasteiger charge is 1.98. The lowest BCUT2D eigenvalue weighted by Gasteiger charge is -2.09. The van der Waals surface area contributed by atoms with Gasteiger partial charge >= 0.3 is 0 Å². The zero-order valence-corrected chi connectivity index (χ0v) is 11.2. The molecule has 0 amide bonds. The van der Waals surface area contributed by atoms with Crippen molar-refractivity contribution in [2.45, 2.75) is 39.7 Å². The van der Waals surface area contributed by atoms with Crippen molar-refractivity contribution in [1.82, 2.24) is 5.32 Å². The van der Waals surface area contributed by atoms with Crippen molar-refractivity contribution in [3.63, 3.8) is 0 Å². The molecule has 0 bridgehead atoms. The number of benzene rings is 1. The normalized spacial score (nSPS) is 10.7. The first kappa shape index (κ1) is 14.2. The molecule has 0 spiro atoms. The van der Waals surface area contributed by atoms with E-state index in [4.69, 9.17) is 4.74 Å². The fourth-order valence-electron chi connectivity index (χ4n) is 1.84. The molecule has 2 heteroatoms. The average molecular weight is 235 g/mol. The fourth-order valence-corrected chi connectivity index (χ4v) is 1.84. The van der Waals surface area contributed by atoms with E-state index in [2.05, 4.69) is 43.4 Å². The standard InChI is InChI=1S/C15H25NO/c1-3-11-17-12-7-10-16-13-15-9-6-5-8-14(15)4-2/h5-6,8-9,16H,3-4,7,10-13H2,1-2H3. The third-order valence-corrected chi connectivity index (χ3v) is 2.81. The van der Waals surface area contributed by atoms with E-state index in [0.29, 0.717) is 0 Å². The van der Waals surface area contributed by atoms with Crippen molar-refractivity contribution in [3.8, 4) is 0 Å². The van der Waals surface area contributed by atoms with Gasteiger partial charge < -0.3 is 10.1 Å². The quantitative estimate of drug-likeness (QED) is 0.664. The Balaban J connectivity index is 2.13. The first-order valence-electron chi connectivity index (χ1n) is 6.73. The van der Waals surface area contributed by atoms with Crippen LogP contribution in [0.2, 0.25) is 0 Å². The van der Waals surface area contributed by atoms with Gasteiger partial charge in [0.2, 0.25) is 0 Å². The number of nitrogens with one attached hydrogen (secondary N) is 1. The number of rotatable bonds is 9. The van der Waals surface area contributed by atoms with Crippen LogP contribution < -0.4 is 5.32 Å². The van der Waals surface area contributed by atoms with Crippen LogP contribution in [0.5, 0.6) is 0 Å². The fraction of sp³-hybridized carbons (Fsp3) is 0.600. The van der Waals surface area contributed by atoms with Gasteiger partial charge in [-0.05, 0) is 36.9 Å². The van der Waals surface area contributed by atoms with E-state index in [0.717, 1.165) is 45.6 Å². The van der Waals surface area contributed by atoms with Gasteiger partial charge in [0, 0.05) is 19.8 Å². The van der Waals surface area contributed by atoms with E-state index in [1.165, 1.54) is 11.1 Å². The molecular weight excluding hydrogens is 210 g/mol. The molecule has 0 heterocycles. The Bertz CT molecular complexity index is 299. The van der Waals surface area contributed by atoms with Crippen LogP contribution in [0.15, 0.2) is 24.3 Å². The van der Waals surface area contributed by atoms with Crippen LogP contribution in [-0.2, 0) is 17.7 Å². The molecule has 1 aromatic rings. The highest BCUT2D eigenvalue weighted by Crippen LogP contribution is 2.08. The lowest BCUT2D eigenvalue weighted by molar-refractivity contribution is 0.132. The molecule has 1 rings (SSSR count). The van der Waals surface area contributed by atoms with Crippen LogP contribution in [0, 0.1) is 0 Å². The number of hydrogen-bond donors (Lipinski definition) is 1. The van der Waals surface area contributed by atoms with Crippen molar-refractivity contribution in [2.24, 2.45) is 0 Å². The zero-order chi connectivity index (χ0) is 12.3. The maximum absolute atomic E-state index is 5.44. The van der Waals surface area contributed by atoms with E-state index in [-0.39, 0.29) is 0 Å². The van der Waals surface area contributed by atoms with Gasteiger partial charge in [0.25, 0.3) is 0 Å². The van der Waals surface area contributed by atoms with E-state index < -0.39 is 0 Å². The van der Waals surface area contributed by atoms with Crippen molar-refractivity contribution < 1.29 is 4.74 Å². The minimum absolute atomic E-state index is 0.871. The Kier molecular flexibility index (Phi) is 7.69. The molecule has 2 nitrogen and oxygen atoms in total. The molecule has 0 aliphatic heterocycles. The molecule has 0 aliphatic carbocycles. The van der Waals surface area contributed by atoms with E-state index in [1.807, 2.05) is 0 Å². The lowest BCUT2D eigenvalue weighted by atomic mass is 10.1. The van der Waals surface area contributed by atoms with Crippen LogP contribution in [0.4, 0.5) is 0 Å². The van der Waals surface area contributed by atoms with Crippen LogP contribution >= 0.6 is 0 Å². The summed E-state index contributed by atoms with van der Waals surface area (Å²) >= 11 is 0. The largest absolute Gasteiger partial charge is 0.381 e. The van der Waals surface area contributed by atoms with Crippen LogP contribution in [-0.4, -0.2) is 19.8 Å². The Morgan fingerprint density at radius 2 is 1.82 bits per heavy atom. The van der Waals surface area contributed by atoms with Crippen molar-refractivity contribution >= 4 is 0 Å². The Morgan fingerprint density at radius 1 is 1.06 bits per heavy atom. The number of ether oxygens (including phenoxy) is 1. The van der Waals surface area contributed by atoms with E-state index in [1.54, 1.807) is 0 Å². The molecule has 1 N–H and O–H groups in total. The van der Waals surface area contributed by atoms with Crippen molar-refractivity contribution in [3.05, 3.63) is 35.4 Å². The number of aryl methyl sites for hydroxylation is 1. The monoisotopic (exact) mass is 235 g/mol. The SMILES string of the molecule is CCCOCCCNCc1ccccc1CC. The summed E-state index contributed by atoms with van der Waals surface area (Å²) in [4.78, 5) is 0. The molecule has 96 valence electrons. The molecule has 0 aliphatic rings. The summed E-state index contributed by atoms with van der Waals surface area (Å²) in [6, 6.07) is 8.64. The molecule has 0 atom stereocenters. The third kappa shape index (κ3) is 5.85. The zero-order valence-electron chi connectivity index (χ0n) is 11.2.